The van der Waals surface area contributed by atoms with Crippen molar-refractivity contribution < 1.29 is 9.53 Å². The van der Waals surface area contributed by atoms with E-state index in [1.54, 1.807) is 35.9 Å². The Bertz CT molecular complexity index is 741. The summed E-state index contributed by atoms with van der Waals surface area (Å²) in [4.78, 5) is 15.6. The molecule has 0 fully saturated rings. The van der Waals surface area contributed by atoms with Crippen LogP contribution in [0, 0.1) is 0 Å². The van der Waals surface area contributed by atoms with E-state index in [4.69, 9.17) is 4.74 Å². The van der Waals surface area contributed by atoms with Gasteiger partial charge in [-0.05, 0) is 29.6 Å². The molecule has 0 bridgehead atoms. The number of carbonyl (C=O) groups excluding carboxylic acids is 1. The lowest BCUT2D eigenvalue weighted by molar-refractivity contribution is -0.123. The molecule has 0 aromatic carbocycles. The van der Waals surface area contributed by atoms with E-state index in [1.807, 2.05) is 28.4 Å². The summed E-state index contributed by atoms with van der Waals surface area (Å²) in [6, 6.07) is 7.52. The van der Waals surface area contributed by atoms with Crippen molar-refractivity contribution in [2.45, 2.75) is 6.54 Å². The van der Waals surface area contributed by atoms with Gasteiger partial charge in [0.25, 0.3) is 5.91 Å². The van der Waals surface area contributed by atoms with Crippen LogP contribution in [0.2, 0.25) is 0 Å². The van der Waals surface area contributed by atoms with Gasteiger partial charge in [-0.15, -0.1) is 0 Å². The van der Waals surface area contributed by atoms with Gasteiger partial charge in [0.1, 0.15) is 5.75 Å². The Balaban J connectivity index is 1.40. The standard InChI is InChI=1S/C16H16N4O2S/c21-16(11-22-14-2-1-5-17-10-14)18-6-8-20-7-3-15(19-20)13-4-9-23-12-13/h1-5,7,9-10,12H,6,8,11H2,(H,18,21). The molecule has 0 saturated heterocycles. The van der Waals surface area contributed by atoms with Gasteiger partial charge in [0, 0.05) is 29.9 Å². The van der Waals surface area contributed by atoms with Gasteiger partial charge in [0.2, 0.25) is 0 Å². The first-order valence-corrected chi connectivity index (χ1v) is 8.11. The predicted octanol–water partition coefficient (Wildman–Crippen LogP) is 2.20. The number of aromatic nitrogens is 3. The molecule has 3 heterocycles. The molecule has 3 rings (SSSR count). The van der Waals surface area contributed by atoms with Crippen LogP contribution in [-0.4, -0.2) is 33.8 Å². The van der Waals surface area contributed by atoms with E-state index >= 15 is 0 Å². The molecular formula is C16H16N4O2S. The van der Waals surface area contributed by atoms with E-state index in [9.17, 15) is 4.79 Å². The molecule has 1 N–H and O–H groups in total. The maximum Gasteiger partial charge on any atom is 0.258 e. The summed E-state index contributed by atoms with van der Waals surface area (Å²) in [6.45, 7) is 1.09. The number of pyridine rings is 1. The number of hydrogen-bond acceptors (Lipinski definition) is 5. The van der Waals surface area contributed by atoms with E-state index in [2.05, 4.69) is 20.8 Å². The average Bonchev–Trinajstić information content (AvgIpc) is 3.25. The van der Waals surface area contributed by atoms with E-state index < -0.39 is 0 Å². The summed E-state index contributed by atoms with van der Waals surface area (Å²) in [5.74, 6) is 0.411. The third-order valence-corrected chi connectivity index (χ3v) is 3.81. The van der Waals surface area contributed by atoms with Crippen LogP contribution in [-0.2, 0) is 11.3 Å². The topological polar surface area (TPSA) is 69.0 Å². The van der Waals surface area contributed by atoms with Crippen LogP contribution in [0.25, 0.3) is 11.3 Å². The molecule has 0 unspecified atom stereocenters. The molecule has 118 valence electrons. The summed E-state index contributed by atoms with van der Waals surface area (Å²) < 4.78 is 7.14. The quantitative estimate of drug-likeness (QED) is 0.722. The number of ether oxygens (including phenoxy) is 1. The minimum absolute atomic E-state index is 0.0229. The van der Waals surface area contributed by atoms with Crippen molar-refractivity contribution in [3.05, 3.63) is 53.6 Å². The molecule has 0 atom stereocenters. The number of nitrogens with one attached hydrogen (secondary N) is 1. The Morgan fingerprint density at radius 2 is 2.30 bits per heavy atom. The highest BCUT2D eigenvalue weighted by Crippen LogP contribution is 2.19. The van der Waals surface area contributed by atoms with Crippen LogP contribution < -0.4 is 10.1 Å². The largest absolute Gasteiger partial charge is 0.482 e. The Kier molecular flexibility index (Phi) is 5.00. The molecule has 1 amide bonds. The highest BCUT2D eigenvalue weighted by molar-refractivity contribution is 7.08. The van der Waals surface area contributed by atoms with Crippen LogP contribution in [0.3, 0.4) is 0 Å². The number of carbonyl (C=O) groups is 1. The lowest BCUT2D eigenvalue weighted by Gasteiger charge is -2.07. The Morgan fingerprint density at radius 1 is 1.35 bits per heavy atom. The predicted molar refractivity (Wildman–Crippen MR) is 88.3 cm³/mol. The first-order chi connectivity index (χ1) is 11.3. The molecule has 0 aliphatic heterocycles. The van der Waals surface area contributed by atoms with Crippen LogP contribution in [0.5, 0.6) is 5.75 Å². The second kappa shape index (κ2) is 7.55. The van der Waals surface area contributed by atoms with E-state index in [0.717, 1.165) is 11.3 Å². The summed E-state index contributed by atoms with van der Waals surface area (Å²) >= 11 is 1.64. The summed E-state index contributed by atoms with van der Waals surface area (Å²) in [5, 5.41) is 11.4. The van der Waals surface area contributed by atoms with Gasteiger partial charge in [0.15, 0.2) is 6.61 Å². The molecule has 7 heteroatoms. The zero-order valence-corrected chi connectivity index (χ0v) is 13.2. The van der Waals surface area contributed by atoms with Crippen LogP contribution in [0.4, 0.5) is 0 Å². The molecule has 3 aromatic rings. The first kappa shape index (κ1) is 15.2. The van der Waals surface area contributed by atoms with Gasteiger partial charge in [-0.25, -0.2) is 0 Å². The van der Waals surface area contributed by atoms with Crippen molar-refractivity contribution in [3.63, 3.8) is 0 Å². The third-order valence-electron chi connectivity index (χ3n) is 3.13. The molecule has 0 radical (unpaired) electrons. The lowest BCUT2D eigenvalue weighted by atomic mass is 10.2. The molecule has 6 nitrogen and oxygen atoms in total. The zero-order chi connectivity index (χ0) is 15.9. The highest BCUT2D eigenvalue weighted by atomic mass is 32.1. The van der Waals surface area contributed by atoms with Crippen molar-refractivity contribution in [1.29, 1.82) is 0 Å². The highest BCUT2D eigenvalue weighted by Gasteiger charge is 2.04. The Labute approximate surface area is 137 Å². The van der Waals surface area contributed by atoms with Crippen molar-refractivity contribution in [3.8, 4) is 17.0 Å². The fraction of sp³-hybridized carbons (Fsp3) is 0.188. The molecule has 0 saturated carbocycles. The SMILES string of the molecule is O=C(COc1cccnc1)NCCn1ccc(-c2ccsc2)n1. The molecule has 0 spiro atoms. The zero-order valence-electron chi connectivity index (χ0n) is 12.4. The summed E-state index contributed by atoms with van der Waals surface area (Å²) in [5.41, 5.74) is 2.06. The monoisotopic (exact) mass is 328 g/mol. The van der Waals surface area contributed by atoms with E-state index in [0.29, 0.717) is 18.8 Å². The van der Waals surface area contributed by atoms with E-state index in [1.165, 1.54) is 0 Å². The van der Waals surface area contributed by atoms with Gasteiger partial charge >= 0.3 is 0 Å². The van der Waals surface area contributed by atoms with Crippen LogP contribution in [0.15, 0.2) is 53.6 Å². The third kappa shape index (κ3) is 4.40. The summed E-state index contributed by atoms with van der Waals surface area (Å²) in [6.07, 6.45) is 5.13. The maximum absolute atomic E-state index is 11.7. The van der Waals surface area contributed by atoms with Gasteiger partial charge in [-0.2, -0.15) is 16.4 Å². The second-order valence-electron chi connectivity index (χ2n) is 4.80. The number of rotatable bonds is 7. The second-order valence-corrected chi connectivity index (χ2v) is 5.58. The maximum atomic E-state index is 11.7. The van der Waals surface area contributed by atoms with Crippen LogP contribution >= 0.6 is 11.3 Å². The average molecular weight is 328 g/mol. The molecular weight excluding hydrogens is 312 g/mol. The molecule has 0 aliphatic carbocycles. The normalized spacial score (nSPS) is 10.4. The molecule has 3 aromatic heterocycles. The molecule has 23 heavy (non-hydrogen) atoms. The number of hydrogen-bond donors (Lipinski definition) is 1. The van der Waals surface area contributed by atoms with Gasteiger partial charge in [-0.3, -0.25) is 14.5 Å². The summed E-state index contributed by atoms with van der Waals surface area (Å²) in [7, 11) is 0. The number of nitrogens with zero attached hydrogens (tertiary/aromatic N) is 3. The van der Waals surface area contributed by atoms with Crippen LogP contribution in [0.1, 0.15) is 0 Å². The fourth-order valence-electron chi connectivity index (χ4n) is 1.99. The number of amides is 1. The van der Waals surface area contributed by atoms with Crippen molar-refractivity contribution in [2.24, 2.45) is 0 Å². The smallest absolute Gasteiger partial charge is 0.258 e. The van der Waals surface area contributed by atoms with Crippen molar-refractivity contribution in [2.75, 3.05) is 13.2 Å². The lowest BCUT2D eigenvalue weighted by Crippen LogP contribution is -2.31. The van der Waals surface area contributed by atoms with E-state index in [-0.39, 0.29) is 12.5 Å². The molecule has 0 aliphatic rings. The Morgan fingerprint density at radius 3 is 3.09 bits per heavy atom. The van der Waals surface area contributed by atoms with Crippen molar-refractivity contribution >= 4 is 17.2 Å². The van der Waals surface area contributed by atoms with Crippen molar-refractivity contribution in [1.82, 2.24) is 20.1 Å². The van der Waals surface area contributed by atoms with Gasteiger partial charge in [-0.1, -0.05) is 0 Å². The van der Waals surface area contributed by atoms with Gasteiger partial charge in [0.05, 0.1) is 18.4 Å². The first-order valence-electron chi connectivity index (χ1n) is 7.17. The number of thiophene rings is 1. The Hall–Kier alpha value is -2.67. The minimum Gasteiger partial charge on any atom is -0.482 e. The fourth-order valence-corrected chi connectivity index (χ4v) is 2.64. The van der Waals surface area contributed by atoms with Gasteiger partial charge < -0.3 is 10.1 Å². The minimum atomic E-state index is -0.168.